The molecule has 28 heavy (non-hydrogen) atoms. The summed E-state index contributed by atoms with van der Waals surface area (Å²) in [5.74, 6) is 0.811. The molecule has 1 aliphatic rings. The quantitative estimate of drug-likeness (QED) is 0.305. The van der Waals surface area contributed by atoms with E-state index in [1.165, 1.54) is 4.88 Å². The van der Waals surface area contributed by atoms with Crippen molar-refractivity contribution in [1.82, 2.24) is 19.5 Å². The van der Waals surface area contributed by atoms with Gasteiger partial charge >= 0.3 is 0 Å². The van der Waals surface area contributed by atoms with Gasteiger partial charge in [-0.2, -0.15) is 4.31 Å². The normalized spacial score (nSPS) is 16.3. The highest BCUT2D eigenvalue weighted by Gasteiger charge is 2.28. The van der Waals surface area contributed by atoms with Crippen LogP contribution >= 0.6 is 35.3 Å². The Morgan fingerprint density at radius 3 is 2.57 bits per heavy atom. The molecule has 1 saturated heterocycles. The van der Waals surface area contributed by atoms with Crippen molar-refractivity contribution < 1.29 is 13.2 Å². The van der Waals surface area contributed by atoms with Crippen LogP contribution < -0.4 is 5.32 Å². The number of rotatable bonds is 8. The van der Waals surface area contributed by atoms with Crippen LogP contribution in [0.3, 0.4) is 0 Å². The molecule has 2 rings (SSSR count). The molecule has 162 valence electrons. The van der Waals surface area contributed by atoms with E-state index >= 15 is 0 Å². The fourth-order valence-corrected chi connectivity index (χ4v) is 4.86. The Labute approximate surface area is 189 Å². The second-order valence-electron chi connectivity index (χ2n) is 6.60. The molecule has 0 aliphatic carbocycles. The van der Waals surface area contributed by atoms with Gasteiger partial charge in [0.2, 0.25) is 10.0 Å². The molecule has 0 spiro atoms. The molecule has 0 bridgehead atoms. The SMILES string of the molecule is CCc1cnc(CNC(=NC)N2CCN(S(=O)(=O)CCOC(C)C)CC2)s1.I. The highest BCUT2D eigenvalue weighted by molar-refractivity contribution is 14.0. The first-order chi connectivity index (χ1) is 12.9. The number of piperazine rings is 1. The number of halogens is 1. The molecular weight excluding hydrogens is 513 g/mol. The number of sulfonamides is 1. The smallest absolute Gasteiger partial charge is 0.216 e. The number of aryl methyl sites for hydroxylation is 1. The number of aromatic nitrogens is 1. The van der Waals surface area contributed by atoms with E-state index < -0.39 is 10.0 Å². The van der Waals surface area contributed by atoms with Crippen LogP contribution in [0.1, 0.15) is 30.7 Å². The molecule has 11 heteroatoms. The summed E-state index contributed by atoms with van der Waals surface area (Å²) >= 11 is 1.70. The molecule has 8 nitrogen and oxygen atoms in total. The Hall–Kier alpha value is -0.500. The predicted molar refractivity (Wildman–Crippen MR) is 125 cm³/mol. The van der Waals surface area contributed by atoms with Crippen LogP contribution in [0, 0.1) is 0 Å². The van der Waals surface area contributed by atoms with E-state index in [4.69, 9.17) is 4.74 Å². The van der Waals surface area contributed by atoms with Crippen LogP contribution in [-0.2, 0) is 27.7 Å². The van der Waals surface area contributed by atoms with Crippen LogP contribution in [0.15, 0.2) is 11.2 Å². The van der Waals surface area contributed by atoms with Crippen LogP contribution in [0.5, 0.6) is 0 Å². The number of nitrogens with one attached hydrogen (secondary N) is 1. The van der Waals surface area contributed by atoms with Gasteiger partial charge in [-0.05, 0) is 20.3 Å². The molecule has 1 aromatic heterocycles. The summed E-state index contributed by atoms with van der Waals surface area (Å²) in [5.41, 5.74) is 0. The van der Waals surface area contributed by atoms with Crippen LogP contribution in [-0.4, -0.2) is 80.3 Å². The predicted octanol–water partition coefficient (Wildman–Crippen LogP) is 1.77. The van der Waals surface area contributed by atoms with Crippen molar-refractivity contribution >= 4 is 51.3 Å². The Morgan fingerprint density at radius 1 is 1.36 bits per heavy atom. The first-order valence-corrected chi connectivity index (χ1v) is 11.8. The van der Waals surface area contributed by atoms with Crippen LogP contribution in [0.4, 0.5) is 0 Å². The number of aliphatic imine (C=N–C) groups is 1. The van der Waals surface area contributed by atoms with Gasteiger partial charge in [-0.25, -0.2) is 13.4 Å². The lowest BCUT2D eigenvalue weighted by Crippen LogP contribution is -2.54. The third kappa shape index (κ3) is 7.73. The van der Waals surface area contributed by atoms with Gasteiger partial charge in [-0.3, -0.25) is 4.99 Å². The van der Waals surface area contributed by atoms with Crippen molar-refractivity contribution in [3.8, 4) is 0 Å². The molecule has 0 aromatic carbocycles. The number of guanidine groups is 1. The van der Waals surface area contributed by atoms with Gasteiger partial charge in [0.25, 0.3) is 0 Å². The fraction of sp³-hybridized carbons (Fsp3) is 0.765. The topological polar surface area (TPSA) is 87.1 Å². The summed E-state index contributed by atoms with van der Waals surface area (Å²) in [4.78, 5) is 12.1. The number of hydrogen-bond donors (Lipinski definition) is 1. The molecule has 0 unspecified atom stereocenters. The zero-order valence-electron chi connectivity index (χ0n) is 17.0. The van der Waals surface area contributed by atoms with Gasteiger partial charge in [0.05, 0.1) is 25.0 Å². The monoisotopic (exact) mass is 545 g/mol. The van der Waals surface area contributed by atoms with Crippen molar-refractivity contribution in [2.45, 2.75) is 39.8 Å². The summed E-state index contributed by atoms with van der Waals surface area (Å²) < 4.78 is 31.8. The van der Waals surface area contributed by atoms with Crippen molar-refractivity contribution in [2.75, 3.05) is 45.6 Å². The van der Waals surface area contributed by atoms with E-state index in [1.807, 2.05) is 20.0 Å². The Bertz CT molecular complexity index is 716. The number of hydrogen-bond acceptors (Lipinski definition) is 6. The second-order valence-corrected chi connectivity index (χ2v) is 9.88. The van der Waals surface area contributed by atoms with Gasteiger partial charge in [0.15, 0.2) is 5.96 Å². The molecule has 0 amide bonds. The van der Waals surface area contributed by atoms with Crippen molar-refractivity contribution in [3.05, 3.63) is 16.1 Å². The number of nitrogens with zero attached hydrogens (tertiary/aromatic N) is 4. The number of thiazole rings is 1. The van der Waals surface area contributed by atoms with E-state index in [1.54, 1.807) is 22.7 Å². The minimum atomic E-state index is -3.28. The summed E-state index contributed by atoms with van der Waals surface area (Å²) in [6, 6.07) is 0. The maximum Gasteiger partial charge on any atom is 0.216 e. The molecule has 1 N–H and O–H groups in total. The van der Waals surface area contributed by atoms with E-state index in [-0.39, 0.29) is 42.4 Å². The largest absolute Gasteiger partial charge is 0.378 e. The molecule has 1 aromatic rings. The van der Waals surface area contributed by atoms with E-state index in [0.717, 1.165) is 17.4 Å². The van der Waals surface area contributed by atoms with Crippen molar-refractivity contribution in [3.63, 3.8) is 0 Å². The zero-order chi connectivity index (χ0) is 19.9. The van der Waals surface area contributed by atoms with Gasteiger partial charge in [-0.15, -0.1) is 35.3 Å². The lowest BCUT2D eigenvalue weighted by atomic mass is 10.4. The van der Waals surface area contributed by atoms with Gasteiger partial charge in [-0.1, -0.05) is 6.92 Å². The average Bonchev–Trinajstić information content (AvgIpc) is 3.10. The highest BCUT2D eigenvalue weighted by Crippen LogP contribution is 2.13. The lowest BCUT2D eigenvalue weighted by Gasteiger charge is -2.35. The minimum absolute atomic E-state index is 0. The van der Waals surface area contributed by atoms with E-state index in [0.29, 0.717) is 32.7 Å². The summed E-state index contributed by atoms with van der Waals surface area (Å²) in [5, 5.41) is 4.36. The Balaban J connectivity index is 0.00000392. The zero-order valence-corrected chi connectivity index (χ0v) is 21.0. The second kappa shape index (κ2) is 12.3. The summed E-state index contributed by atoms with van der Waals surface area (Å²) in [7, 11) is -1.53. The maximum atomic E-state index is 12.4. The Kier molecular flexibility index (Phi) is 11.2. The standard InChI is InChI=1S/C17H31N5O3S2.HI/c1-5-15-12-19-16(26-15)13-20-17(18-4)21-6-8-22(9-7-21)27(23,24)11-10-25-14(2)3;/h12,14H,5-11,13H2,1-4H3,(H,18,20);1H. The molecule has 1 fully saturated rings. The van der Waals surface area contributed by atoms with Crippen LogP contribution in [0.25, 0.3) is 0 Å². The molecular formula is C17H32IN5O3S2. The first kappa shape index (κ1) is 25.5. The van der Waals surface area contributed by atoms with Gasteiger partial charge in [0.1, 0.15) is 5.01 Å². The molecule has 2 heterocycles. The lowest BCUT2D eigenvalue weighted by molar-refractivity contribution is 0.0904. The third-order valence-electron chi connectivity index (χ3n) is 4.28. The van der Waals surface area contributed by atoms with Gasteiger partial charge < -0.3 is 15.0 Å². The Morgan fingerprint density at radius 2 is 2.04 bits per heavy atom. The highest BCUT2D eigenvalue weighted by atomic mass is 127. The summed E-state index contributed by atoms with van der Waals surface area (Å²) in [6.07, 6.45) is 2.94. The third-order valence-corrected chi connectivity index (χ3v) is 7.26. The minimum Gasteiger partial charge on any atom is -0.378 e. The molecule has 0 saturated carbocycles. The van der Waals surface area contributed by atoms with Crippen molar-refractivity contribution in [1.29, 1.82) is 0 Å². The van der Waals surface area contributed by atoms with Gasteiger partial charge in [0, 0.05) is 44.3 Å². The summed E-state index contributed by atoms with van der Waals surface area (Å²) in [6.45, 7) is 8.93. The maximum absolute atomic E-state index is 12.4. The fourth-order valence-electron chi connectivity index (χ4n) is 2.78. The number of ether oxygens (including phenoxy) is 1. The van der Waals surface area contributed by atoms with Crippen molar-refractivity contribution in [2.24, 2.45) is 4.99 Å². The molecule has 0 radical (unpaired) electrons. The van der Waals surface area contributed by atoms with Crippen LogP contribution in [0.2, 0.25) is 0 Å². The van der Waals surface area contributed by atoms with E-state index in [9.17, 15) is 8.42 Å². The molecule has 0 atom stereocenters. The molecule has 1 aliphatic heterocycles. The average molecular weight is 546 g/mol. The first-order valence-electron chi connectivity index (χ1n) is 9.34. The van der Waals surface area contributed by atoms with E-state index in [2.05, 4.69) is 27.1 Å².